The Morgan fingerprint density at radius 2 is 1.78 bits per heavy atom. The number of hydrogen-bond donors (Lipinski definition) is 0. The smallest absolute Gasteiger partial charge is 0.323 e. The molecule has 0 amide bonds. The number of carbonyl (C=O) groups excluding carboxylic acids is 1. The molecule has 0 N–H and O–H groups in total. The van der Waals surface area contributed by atoms with Gasteiger partial charge in [-0.05, 0) is 35.2 Å². The van der Waals surface area contributed by atoms with Crippen molar-refractivity contribution < 1.29 is 22.9 Å². The summed E-state index contributed by atoms with van der Waals surface area (Å²) >= 11 is 0. The van der Waals surface area contributed by atoms with Crippen molar-refractivity contribution in [2.45, 2.75) is 36.7 Å². The Labute approximate surface area is 210 Å². The van der Waals surface area contributed by atoms with Crippen LogP contribution in [0.1, 0.15) is 18.9 Å². The Kier molecular flexibility index (Phi) is 7.67. The number of esters is 1. The maximum Gasteiger partial charge on any atom is 0.323 e. The summed E-state index contributed by atoms with van der Waals surface area (Å²) in [6, 6.07) is 18.4. The first kappa shape index (κ1) is 25.7. The highest BCUT2D eigenvalue weighted by Crippen LogP contribution is 2.30. The third-order valence-corrected chi connectivity index (χ3v) is 8.74. The van der Waals surface area contributed by atoms with Gasteiger partial charge in [0.25, 0.3) is 5.69 Å². The third kappa shape index (κ3) is 5.11. The van der Waals surface area contributed by atoms with Crippen molar-refractivity contribution >= 4 is 32.5 Å². The van der Waals surface area contributed by atoms with Gasteiger partial charge in [-0.1, -0.05) is 61.5 Å². The highest BCUT2D eigenvalue weighted by Gasteiger charge is 2.41. The van der Waals surface area contributed by atoms with E-state index in [1.54, 1.807) is 0 Å². The van der Waals surface area contributed by atoms with E-state index in [1.807, 2.05) is 48.2 Å². The van der Waals surface area contributed by atoms with Crippen molar-refractivity contribution in [3.05, 3.63) is 82.4 Å². The molecule has 3 aromatic rings. The van der Waals surface area contributed by atoms with E-state index in [0.29, 0.717) is 25.9 Å². The molecular formula is C26H29N3O6S. The second-order valence-electron chi connectivity index (χ2n) is 8.82. The summed E-state index contributed by atoms with van der Waals surface area (Å²) in [6.45, 7) is 2.58. The van der Waals surface area contributed by atoms with E-state index in [4.69, 9.17) is 4.74 Å². The van der Waals surface area contributed by atoms with Gasteiger partial charge in [0, 0.05) is 31.7 Å². The molecule has 4 rings (SSSR count). The molecule has 1 heterocycles. The fraction of sp³-hybridized carbons (Fsp3) is 0.346. The summed E-state index contributed by atoms with van der Waals surface area (Å²) < 4.78 is 33.4. The molecule has 190 valence electrons. The Bertz CT molecular complexity index is 1380. The molecule has 0 aromatic heterocycles. The fourth-order valence-electron chi connectivity index (χ4n) is 4.83. The molecule has 9 nitrogen and oxygen atoms in total. The van der Waals surface area contributed by atoms with E-state index in [2.05, 4.69) is 6.07 Å². The Morgan fingerprint density at radius 1 is 1.08 bits per heavy atom. The lowest BCUT2D eigenvalue weighted by Gasteiger charge is -2.42. The van der Waals surface area contributed by atoms with Crippen molar-refractivity contribution in [1.82, 2.24) is 9.21 Å². The summed E-state index contributed by atoms with van der Waals surface area (Å²) in [5.41, 5.74) is 0.533. The van der Waals surface area contributed by atoms with Crippen LogP contribution in [0.25, 0.3) is 10.8 Å². The van der Waals surface area contributed by atoms with Crippen LogP contribution in [0.2, 0.25) is 0 Å². The number of piperazine rings is 1. The number of nitrogens with zero attached hydrogens (tertiary/aromatic N) is 3. The molecule has 36 heavy (non-hydrogen) atoms. The third-order valence-electron chi connectivity index (χ3n) is 6.74. The monoisotopic (exact) mass is 511 g/mol. The number of rotatable bonds is 8. The van der Waals surface area contributed by atoms with E-state index >= 15 is 0 Å². The van der Waals surface area contributed by atoms with Gasteiger partial charge in [0.15, 0.2) is 4.90 Å². The molecule has 0 saturated carbocycles. The predicted octanol–water partition coefficient (Wildman–Crippen LogP) is 3.62. The zero-order valence-electron chi connectivity index (χ0n) is 20.2. The summed E-state index contributed by atoms with van der Waals surface area (Å²) in [4.78, 5) is 25.3. The molecule has 0 radical (unpaired) electrons. The van der Waals surface area contributed by atoms with Crippen LogP contribution in [-0.2, 0) is 26.0 Å². The van der Waals surface area contributed by atoms with Crippen LogP contribution in [-0.4, -0.2) is 67.3 Å². The van der Waals surface area contributed by atoms with Crippen LogP contribution in [0.3, 0.4) is 0 Å². The second kappa shape index (κ2) is 10.7. The van der Waals surface area contributed by atoms with Crippen LogP contribution >= 0.6 is 0 Å². The minimum Gasteiger partial charge on any atom is -0.468 e. The quantitative estimate of drug-likeness (QED) is 0.258. The molecule has 0 bridgehead atoms. The van der Waals surface area contributed by atoms with E-state index in [-0.39, 0.29) is 17.4 Å². The number of fused-ring (bicyclic) bond motifs is 1. The fourth-order valence-corrected chi connectivity index (χ4v) is 6.67. The lowest BCUT2D eigenvalue weighted by molar-refractivity contribution is -0.387. The van der Waals surface area contributed by atoms with Gasteiger partial charge in [-0.15, -0.1) is 0 Å². The average molecular weight is 512 g/mol. The summed E-state index contributed by atoms with van der Waals surface area (Å²) in [7, 11) is -2.76. The molecule has 0 unspecified atom stereocenters. The van der Waals surface area contributed by atoms with Crippen LogP contribution in [0.5, 0.6) is 0 Å². The van der Waals surface area contributed by atoms with Crippen LogP contribution in [0.4, 0.5) is 5.69 Å². The first-order chi connectivity index (χ1) is 17.3. The summed E-state index contributed by atoms with van der Waals surface area (Å²) in [5, 5.41) is 13.7. The van der Waals surface area contributed by atoms with Crippen LogP contribution in [0.15, 0.2) is 71.6 Å². The van der Waals surface area contributed by atoms with Gasteiger partial charge in [0.1, 0.15) is 6.04 Å². The van der Waals surface area contributed by atoms with Gasteiger partial charge in [-0.2, -0.15) is 4.31 Å². The molecule has 2 atom stereocenters. The Morgan fingerprint density at radius 3 is 2.47 bits per heavy atom. The van der Waals surface area contributed by atoms with Crippen molar-refractivity contribution in [2.75, 3.05) is 26.7 Å². The normalized spacial score (nSPS) is 18.1. The van der Waals surface area contributed by atoms with Crippen molar-refractivity contribution in [3.8, 4) is 0 Å². The van der Waals surface area contributed by atoms with E-state index in [1.165, 1.54) is 35.7 Å². The number of sulfonamides is 1. The van der Waals surface area contributed by atoms with Crippen molar-refractivity contribution in [1.29, 1.82) is 0 Å². The number of methoxy groups -OCH3 is 1. The highest BCUT2D eigenvalue weighted by atomic mass is 32.2. The first-order valence-corrected chi connectivity index (χ1v) is 13.2. The van der Waals surface area contributed by atoms with E-state index < -0.39 is 32.7 Å². The zero-order chi connectivity index (χ0) is 25.9. The second-order valence-corrected chi connectivity index (χ2v) is 10.7. The van der Waals surface area contributed by atoms with Gasteiger partial charge >= 0.3 is 5.97 Å². The summed E-state index contributed by atoms with van der Waals surface area (Å²) in [6.07, 6.45) is 0.908. The number of ether oxygens (including phenoxy) is 1. The van der Waals surface area contributed by atoms with E-state index in [0.717, 1.165) is 16.3 Å². The molecule has 1 fully saturated rings. The number of hydrogen-bond acceptors (Lipinski definition) is 7. The maximum absolute atomic E-state index is 13.5. The van der Waals surface area contributed by atoms with Gasteiger partial charge in [-0.3, -0.25) is 19.8 Å². The minimum atomic E-state index is -4.11. The predicted molar refractivity (Wildman–Crippen MR) is 136 cm³/mol. The molecule has 0 spiro atoms. The highest BCUT2D eigenvalue weighted by molar-refractivity contribution is 7.89. The SMILES string of the molecule is CC[C@H]1CN([C@@H](Cc2ccc3ccccc3c2)C(=O)OC)CCN1S(=O)(=O)c1ccccc1[N+](=O)[O-]. The minimum absolute atomic E-state index is 0.109. The Hall–Kier alpha value is -3.34. The number of nitro groups is 1. The van der Waals surface area contributed by atoms with Crippen molar-refractivity contribution in [2.24, 2.45) is 0 Å². The largest absolute Gasteiger partial charge is 0.468 e. The molecular weight excluding hydrogens is 482 g/mol. The van der Waals surface area contributed by atoms with Gasteiger partial charge in [0.2, 0.25) is 10.0 Å². The van der Waals surface area contributed by atoms with Crippen LogP contribution in [0, 0.1) is 10.1 Å². The molecule has 1 saturated heterocycles. The molecule has 1 aliphatic heterocycles. The molecule has 3 aromatic carbocycles. The van der Waals surface area contributed by atoms with Crippen LogP contribution < -0.4 is 0 Å². The van der Waals surface area contributed by atoms with Gasteiger partial charge in [0.05, 0.1) is 12.0 Å². The molecule has 1 aliphatic rings. The molecule has 10 heteroatoms. The average Bonchev–Trinajstić information content (AvgIpc) is 2.90. The van der Waals surface area contributed by atoms with Gasteiger partial charge in [-0.25, -0.2) is 8.42 Å². The maximum atomic E-state index is 13.5. The number of para-hydroxylation sites is 1. The Balaban J connectivity index is 1.59. The lowest BCUT2D eigenvalue weighted by atomic mass is 9.99. The number of benzene rings is 3. The molecule has 0 aliphatic carbocycles. The first-order valence-electron chi connectivity index (χ1n) is 11.8. The van der Waals surface area contributed by atoms with Gasteiger partial charge < -0.3 is 4.74 Å². The topological polar surface area (TPSA) is 110 Å². The van der Waals surface area contributed by atoms with E-state index in [9.17, 15) is 23.3 Å². The van der Waals surface area contributed by atoms with Crippen molar-refractivity contribution in [3.63, 3.8) is 0 Å². The lowest BCUT2D eigenvalue weighted by Crippen LogP contribution is -2.59. The number of carbonyl (C=O) groups is 1. The zero-order valence-corrected chi connectivity index (χ0v) is 21.1. The number of nitro benzene ring substituents is 1. The summed E-state index contributed by atoms with van der Waals surface area (Å²) in [5.74, 6) is -0.381. The standard InChI is InChI=1S/C26H29N3O6S/c1-3-22-18-27(14-15-28(22)36(33,34)25-11-7-6-10-23(25)29(31)32)24(26(30)35-2)17-19-12-13-20-8-4-5-9-21(20)16-19/h4-13,16,22,24H,3,14-15,17-18H2,1-2H3/t22-,24-/m0/s1.